The molecule has 8 heteroatoms. The Bertz CT molecular complexity index is 883. The van der Waals surface area contributed by atoms with Gasteiger partial charge in [0.15, 0.2) is 5.65 Å². The first-order valence-corrected chi connectivity index (χ1v) is 6.40. The fraction of sp³-hybridized carbons (Fsp3) is 0.0833. The molecule has 2 aromatic heterocycles. The number of anilines is 1. The van der Waals surface area contributed by atoms with Crippen LogP contribution >= 0.6 is 23.2 Å². The van der Waals surface area contributed by atoms with Crippen LogP contribution in [0.1, 0.15) is 0 Å². The van der Waals surface area contributed by atoms with Gasteiger partial charge < -0.3 is 5.73 Å². The molecule has 2 N–H and O–H groups in total. The highest BCUT2D eigenvalue weighted by molar-refractivity contribution is 6.35. The first-order valence-electron chi connectivity index (χ1n) is 5.64. The molecule has 0 fully saturated rings. The van der Waals surface area contributed by atoms with Gasteiger partial charge in [-0.3, -0.25) is 4.57 Å². The van der Waals surface area contributed by atoms with Gasteiger partial charge in [0.05, 0.1) is 22.3 Å². The van der Waals surface area contributed by atoms with Gasteiger partial charge in [-0.1, -0.05) is 23.2 Å². The first kappa shape index (κ1) is 13.0. The van der Waals surface area contributed by atoms with E-state index in [1.807, 2.05) is 0 Å². The zero-order chi connectivity index (χ0) is 14.4. The average Bonchev–Trinajstić information content (AvgIpc) is 2.80. The van der Waals surface area contributed by atoms with Crippen molar-refractivity contribution in [2.24, 2.45) is 7.05 Å². The predicted octanol–water partition coefficient (Wildman–Crippen LogP) is 2.01. The van der Waals surface area contributed by atoms with Crippen LogP contribution in [0, 0.1) is 0 Å². The Morgan fingerprint density at radius 1 is 1.30 bits per heavy atom. The third kappa shape index (κ3) is 1.85. The lowest BCUT2D eigenvalue weighted by Crippen LogP contribution is -2.23. The van der Waals surface area contributed by atoms with Crippen LogP contribution in [-0.2, 0) is 7.05 Å². The van der Waals surface area contributed by atoms with E-state index in [2.05, 4.69) is 10.1 Å². The van der Waals surface area contributed by atoms with Gasteiger partial charge in [0.25, 0.3) is 0 Å². The Morgan fingerprint density at radius 3 is 2.75 bits per heavy atom. The van der Waals surface area contributed by atoms with Gasteiger partial charge in [-0.25, -0.2) is 9.48 Å². The van der Waals surface area contributed by atoms with Crippen LogP contribution in [0.3, 0.4) is 0 Å². The summed E-state index contributed by atoms with van der Waals surface area (Å²) < 4.78 is 2.73. The van der Waals surface area contributed by atoms with Crippen LogP contribution in [0.4, 0.5) is 5.82 Å². The fourth-order valence-electron chi connectivity index (χ4n) is 1.91. The summed E-state index contributed by atoms with van der Waals surface area (Å²) in [5, 5.41) is 5.69. The summed E-state index contributed by atoms with van der Waals surface area (Å²) in [7, 11) is 1.55. The zero-order valence-electron chi connectivity index (χ0n) is 10.3. The first-order chi connectivity index (χ1) is 9.49. The maximum absolute atomic E-state index is 11.8. The smallest absolute Gasteiger partial charge is 0.350 e. The molecule has 0 saturated heterocycles. The minimum absolute atomic E-state index is 0.302. The molecule has 0 aliphatic rings. The van der Waals surface area contributed by atoms with Crippen LogP contribution in [0.2, 0.25) is 10.0 Å². The van der Waals surface area contributed by atoms with Crippen LogP contribution in [0.25, 0.3) is 16.7 Å². The molecule has 0 spiro atoms. The van der Waals surface area contributed by atoms with Crippen molar-refractivity contribution < 1.29 is 0 Å². The van der Waals surface area contributed by atoms with Crippen molar-refractivity contribution in [3.63, 3.8) is 0 Å². The topological polar surface area (TPSA) is 78.7 Å². The van der Waals surface area contributed by atoms with Gasteiger partial charge in [0.2, 0.25) is 0 Å². The van der Waals surface area contributed by atoms with E-state index in [1.54, 1.807) is 31.4 Å². The van der Waals surface area contributed by atoms with Gasteiger partial charge in [0, 0.05) is 12.1 Å². The summed E-state index contributed by atoms with van der Waals surface area (Å²) in [6.07, 6.45) is 1.54. The second-order valence-corrected chi connectivity index (χ2v) is 5.07. The molecule has 102 valence electrons. The van der Waals surface area contributed by atoms with Crippen LogP contribution in [-0.4, -0.2) is 19.3 Å². The lowest BCUT2D eigenvalue weighted by Gasteiger charge is -2.07. The molecule has 0 radical (unpaired) electrons. The number of hydrogen-bond acceptors (Lipinski definition) is 4. The summed E-state index contributed by atoms with van der Waals surface area (Å²) in [5.74, 6) is 0.302. The number of aromatic nitrogens is 4. The third-order valence-corrected chi connectivity index (χ3v) is 3.55. The highest BCUT2D eigenvalue weighted by atomic mass is 35.5. The van der Waals surface area contributed by atoms with Crippen molar-refractivity contribution in [3.05, 3.63) is 44.9 Å². The molecule has 20 heavy (non-hydrogen) atoms. The Balaban J connectivity index is 2.36. The second-order valence-electron chi connectivity index (χ2n) is 4.23. The van der Waals surface area contributed by atoms with Crippen molar-refractivity contribution in [2.75, 3.05) is 5.73 Å². The molecule has 6 nitrogen and oxygen atoms in total. The van der Waals surface area contributed by atoms with Crippen molar-refractivity contribution in [1.29, 1.82) is 0 Å². The quantitative estimate of drug-likeness (QED) is 0.745. The fourth-order valence-corrected chi connectivity index (χ4v) is 2.40. The van der Waals surface area contributed by atoms with Crippen LogP contribution in [0.15, 0.2) is 29.2 Å². The SMILES string of the molecule is Cn1c(N)c2cnn(-c3ccc(Cl)cc3Cl)c2nc1=O. The molecule has 0 aliphatic carbocycles. The number of benzene rings is 1. The van der Waals surface area contributed by atoms with Gasteiger partial charge in [0.1, 0.15) is 5.82 Å². The molecular weight excluding hydrogens is 301 g/mol. The molecule has 0 aliphatic heterocycles. The minimum Gasteiger partial charge on any atom is -0.384 e. The number of nitrogens with two attached hydrogens (primary N) is 1. The summed E-state index contributed by atoms with van der Waals surface area (Å²) in [4.78, 5) is 15.7. The van der Waals surface area contributed by atoms with E-state index in [0.717, 1.165) is 0 Å². The molecule has 0 saturated carbocycles. The number of fused-ring (bicyclic) bond motifs is 1. The predicted molar refractivity (Wildman–Crippen MR) is 78.5 cm³/mol. The summed E-state index contributed by atoms with van der Waals surface area (Å²) in [6, 6.07) is 4.98. The third-order valence-electron chi connectivity index (χ3n) is 3.01. The van der Waals surface area contributed by atoms with Crippen LogP contribution < -0.4 is 11.4 Å². The lowest BCUT2D eigenvalue weighted by molar-refractivity contribution is 0.824. The van der Waals surface area contributed by atoms with Crippen LogP contribution in [0.5, 0.6) is 0 Å². The Labute approximate surface area is 123 Å². The lowest BCUT2D eigenvalue weighted by atomic mass is 10.3. The van der Waals surface area contributed by atoms with E-state index < -0.39 is 5.69 Å². The molecule has 0 amide bonds. The minimum atomic E-state index is -0.457. The molecule has 3 rings (SSSR count). The maximum Gasteiger partial charge on any atom is 0.350 e. The van der Waals surface area contributed by atoms with Gasteiger partial charge in [-0.2, -0.15) is 10.1 Å². The largest absolute Gasteiger partial charge is 0.384 e. The maximum atomic E-state index is 11.8. The Hall–Kier alpha value is -2.05. The molecule has 0 unspecified atom stereocenters. The monoisotopic (exact) mass is 309 g/mol. The zero-order valence-corrected chi connectivity index (χ0v) is 11.9. The van der Waals surface area contributed by atoms with E-state index in [4.69, 9.17) is 28.9 Å². The van der Waals surface area contributed by atoms with Gasteiger partial charge in [-0.05, 0) is 18.2 Å². The Morgan fingerprint density at radius 2 is 2.05 bits per heavy atom. The van der Waals surface area contributed by atoms with E-state index in [9.17, 15) is 4.79 Å². The summed E-state index contributed by atoms with van der Waals surface area (Å²) >= 11 is 12.0. The summed E-state index contributed by atoms with van der Waals surface area (Å²) in [6.45, 7) is 0. The van der Waals surface area contributed by atoms with Crippen molar-refractivity contribution in [3.8, 4) is 5.69 Å². The molecule has 1 aromatic carbocycles. The Kier molecular flexibility index (Phi) is 2.92. The average molecular weight is 310 g/mol. The number of nitrogens with zero attached hydrogens (tertiary/aromatic N) is 4. The highest BCUT2D eigenvalue weighted by Crippen LogP contribution is 2.27. The molecular formula is C12H9Cl2N5O. The standard InChI is InChI=1S/C12H9Cl2N5O/c1-18-10(15)7-5-16-19(11(7)17-12(18)20)9-3-2-6(13)4-8(9)14/h2-5H,15H2,1H3. The number of halogens is 2. The highest BCUT2D eigenvalue weighted by Gasteiger charge is 2.14. The number of hydrogen-bond donors (Lipinski definition) is 1. The molecule has 0 atom stereocenters. The van der Waals surface area contributed by atoms with E-state index in [-0.39, 0.29) is 0 Å². The van der Waals surface area contributed by atoms with E-state index in [0.29, 0.717) is 32.6 Å². The van der Waals surface area contributed by atoms with Gasteiger partial charge >= 0.3 is 5.69 Å². The molecule has 3 aromatic rings. The van der Waals surface area contributed by atoms with Crippen molar-refractivity contribution in [2.45, 2.75) is 0 Å². The van der Waals surface area contributed by atoms with Crippen molar-refractivity contribution in [1.82, 2.24) is 19.3 Å². The van der Waals surface area contributed by atoms with E-state index >= 15 is 0 Å². The van der Waals surface area contributed by atoms with Gasteiger partial charge in [-0.15, -0.1) is 0 Å². The van der Waals surface area contributed by atoms with Crippen molar-refractivity contribution >= 4 is 40.1 Å². The number of nitrogen functional groups attached to an aromatic ring is 1. The summed E-state index contributed by atoms with van der Waals surface area (Å²) in [5.41, 5.74) is 6.36. The number of rotatable bonds is 1. The normalized spacial score (nSPS) is 11.2. The molecule has 0 bridgehead atoms. The van der Waals surface area contributed by atoms with E-state index in [1.165, 1.54) is 9.25 Å². The second kappa shape index (κ2) is 4.50. The molecule has 2 heterocycles.